The van der Waals surface area contributed by atoms with Gasteiger partial charge < -0.3 is 14.9 Å². The zero-order chi connectivity index (χ0) is 53.1. The second kappa shape index (κ2) is 23.5. The Bertz CT molecular complexity index is 2700. The van der Waals surface area contributed by atoms with Gasteiger partial charge in [-0.05, 0) is 0 Å². The number of aromatic hydroxyl groups is 2. The number of benzene rings is 6. The smallest absolute Gasteiger partial charge is 0.358 e. The molecule has 0 unspecified atom stereocenters. The summed E-state index contributed by atoms with van der Waals surface area (Å²) < 4.78 is 75.2. The monoisotopic (exact) mass is 1150 g/mol. The van der Waals surface area contributed by atoms with Gasteiger partial charge in [-0.2, -0.15) is 0 Å². The van der Waals surface area contributed by atoms with Gasteiger partial charge in [0.2, 0.25) is 0 Å². The van der Waals surface area contributed by atoms with Crippen LogP contribution in [-0.4, -0.2) is 34.4 Å². The van der Waals surface area contributed by atoms with Gasteiger partial charge in [0.25, 0.3) is 0 Å². The Morgan fingerprint density at radius 2 is 0.662 bits per heavy atom. The van der Waals surface area contributed by atoms with E-state index in [0.29, 0.717) is 22.3 Å². The van der Waals surface area contributed by atoms with Crippen LogP contribution in [0.4, 0.5) is 17.6 Å². The van der Waals surface area contributed by atoms with Gasteiger partial charge in [0.05, 0.1) is 0 Å². The van der Waals surface area contributed by atoms with Crippen molar-refractivity contribution in [3.8, 4) is 67.5 Å². The van der Waals surface area contributed by atoms with E-state index in [2.05, 4.69) is 147 Å². The number of rotatable bonds is 12. The number of aryl methyl sites for hydroxylation is 2. The molecule has 0 aliphatic carbocycles. The maximum Gasteiger partial charge on any atom is 2.00 e. The average molecular weight is 1160 g/mol. The molecule has 398 valence electrons. The molecule has 0 aliphatic rings. The summed E-state index contributed by atoms with van der Waals surface area (Å²) in [5.74, 6) is -4.45. The van der Waals surface area contributed by atoms with Crippen molar-refractivity contribution < 1.29 is 63.5 Å². The quantitative estimate of drug-likeness (QED) is 0.0728. The van der Waals surface area contributed by atoms with Crippen molar-refractivity contribution in [2.45, 2.75) is 156 Å². The summed E-state index contributed by atoms with van der Waals surface area (Å²) >= 11 is -3.61. The third-order valence-corrected chi connectivity index (χ3v) is 26.9. The third-order valence-electron chi connectivity index (χ3n) is 14.4. The summed E-state index contributed by atoms with van der Waals surface area (Å²) in [7, 11) is 0. The Kier molecular flexibility index (Phi) is 20.3. The molecule has 6 aromatic carbocycles. The van der Waals surface area contributed by atoms with Gasteiger partial charge in [-0.25, -0.2) is 0 Å². The topological polar surface area (TPSA) is 58.9 Å². The van der Waals surface area contributed by atoms with Crippen molar-refractivity contribution in [2.75, 3.05) is 10.9 Å². The second-order valence-corrected chi connectivity index (χ2v) is 35.9. The standard InChI is InChI=1S/C62H76F4GeO4.2CH3.Zr/c1-35(2)67(36(3)4,33-70-55-31-53(65)51(63)29-47(55)49-21-37(5)19-45(57(49)68)39-23-41(59(7,8)9)27-42(24-39)60(10,11)12)34-71-56-32-54(66)52(64)30-48(56)50-22-38(6)20-46(58(50)69)40-25-43(61(13,14)15)28-44(26-40)62(16,17)18;;;/h19-32,35-36,68-69H,33-34H2,1-18H3;2*1H3;/q;2*-1;+2. The molecule has 6 rings (SSSR count). The molecule has 0 amide bonds. The van der Waals surface area contributed by atoms with E-state index in [4.69, 9.17) is 9.47 Å². The van der Waals surface area contributed by atoms with Crippen LogP contribution in [0.25, 0.3) is 44.5 Å². The largest absolute Gasteiger partial charge is 2.00 e. The second-order valence-electron chi connectivity index (χ2n) is 24.7. The Morgan fingerprint density at radius 3 is 0.919 bits per heavy atom. The first-order valence-corrected chi connectivity index (χ1v) is 30.3. The van der Waals surface area contributed by atoms with Crippen LogP contribution in [0.5, 0.6) is 23.0 Å². The molecule has 6 aromatic rings. The van der Waals surface area contributed by atoms with E-state index in [1.54, 1.807) is 12.1 Å². The zero-order valence-electron chi connectivity index (χ0n) is 47.9. The molecule has 10 heteroatoms. The number of hydrogen-bond donors (Lipinski definition) is 2. The summed E-state index contributed by atoms with van der Waals surface area (Å²) in [5, 5.41) is 24.4. The molecule has 74 heavy (non-hydrogen) atoms. The van der Waals surface area contributed by atoms with Crippen LogP contribution >= 0.6 is 0 Å². The summed E-state index contributed by atoms with van der Waals surface area (Å²) in [6.45, 7) is 37.9. The summed E-state index contributed by atoms with van der Waals surface area (Å²) in [5.41, 5.74) is 9.13. The summed E-state index contributed by atoms with van der Waals surface area (Å²) in [6.07, 6.45) is 0. The first-order chi connectivity index (χ1) is 32.6. The Morgan fingerprint density at radius 1 is 0.405 bits per heavy atom. The van der Waals surface area contributed by atoms with Crippen molar-refractivity contribution in [3.63, 3.8) is 0 Å². The van der Waals surface area contributed by atoms with Crippen molar-refractivity contribution in [1.29, 1.82) is 0 Å². The minimum absolute atomic E-state index is 0. The van der Waals surface area contributed by atoms with Crippen molar-refractivity contribution in [3.05, 3.63) is 156 Å². The maximum atomic E-state index is 15.5. The number of phenols is 2. The summed E-state index contributed by atoms with van der Waals surface area (Å²) in [6, 6.07) is 24.2. The van der Waals surface area contributed by atoms with Crippen LogP contribution in [0.2, 0.25) is 9.50 Å². The van der Waals surface area contributed by atoms with Crippen LogP contribution in [0.15, 0.2) is 84.9 Å². The third kappa shape index (κ3) is 13.8. The Labute approximate surface area is 464 Å². The molecular formula is C64H82F4GeO4Zr. The fourth-order valence-corrected chi connectivity index (χ4v) is 16.8. The SMILES string of the molecule is Cc1cc(-c2cc(C(C)(C)C)cc(C(C)(C)C)c2)c(O)c(-c2cc(F)c(F)cc2O[CH2][Ge]([CH2]Oc2cc(F)c(F)cc2-c2cc(C)cc(-c3cc(C(C)(C)C)cc(C(C)(C)C)c3)c2O)([CH](C)C)[CH](C)C)c1.[CH3-].[CH3-].[Zr+2]. The first-order valence-electron chi connectivity index (χ1n) is 24.9. The Hall–Kier alpha value is -4.33. The number of ether oxygens (including phenoxy) is 2. The summed E-state index contributed by atoms with van der Waals surface area (Å²) in [4.78, 5) is 0. The molecule has 0 fully saturated rings. The fourth-order valence-electron chi connectivity index (χ4n) is 9.22. The molecule has 0 aliphatic heterocycles. The van der Waals surface area contributed by atoms with Gasteiger partial charge in [-0.3, -0.25) is 0 Å². The molecular weight excluding hydrogens is 1070 g/mol. The van der Waals surface area contributed by atoms with Gasteiger partial charge >= 0.3 is 452 Å². The van der Waals surface area contributed by atoms with Crippen molar-refractivity contribution in [2.24, 2.45) is 0 Å². The number of halogens is 4. The van der Waals surface area contributed by atoms with Gasteiger partial charge in [0, 0.05) is 0 Å². The molecule has 0 saturated heterocycles. The van der Waals surface area contributed by atoms with E-state index in [1.165, 1.54) is 0 Å². The Balaban J connectivity index is 0.00000481. The van der Waals surface area contributed by atoms with E-state index in [0.717, 1.165) is 68.8 Å². The minimum atomic E-state index is -3.61. The van der Waals surface area contributed by atoms with Gasteiger partial charge in [0.1, 0.15) is 0 Å². The predicted octanol–water partition coefficient (Wildman–Crippen LogP) is 18.8. The number of phenolic OH excluding ortho intramolecular Hbond substituents is 2. The van der Waals surface area contributed by atoms with Gasteiger partial charge in [0.15, 0.2) is 0 Å². The molecule has 0 atom stereocenters. The first kappa shape index (κ1) is 64.0. The predicted molar refractivity (Wildman–Crippen MR) is 302 cm³/mol. The number of hydrogen-bond acceptors (Lipinski definition) is 4. The van der Waals surface area contributed by atoms with Crippen LogP contribution < -0.4 is 9.47 Å². The molecule has 0 aromatic heterocycles. The van der Waals surface area contributed by atoms with Crippen LogP contribution in [-0.2, 0) is 47.9 Å². The van der Waals surface area contributed by atoms with E-state index in [1.807, 2.05) is 26.0 Å². The molecule has 0 radical (unpaired) electrons. The molecule has 0 spiro atoms. The molecule has 4 nitrogen and oxygen atoms in total. The molecule has 0 heterocycles. The van der Waals surface area contributed by atoms with Gasteiger partial charge in [-0.1, -0.05) is 0 Å². The van der Waals surface area contributed by atoms with E-state index >= 15 is 17.6 Å². The van der Waals surface area contributed by atoms with Crippen LogP contribution in [0.3, 0.4) is 0 Å². The van der Waals surface area contributed by atoms with Crippen LogP contribution in [0, 0.1) is 52.0 Å². The zero-order valence-corrected chi connectivity index (χ0v) is 52.4. The van der Waals surface area contributed by atoms with Crippen molar-refractivity contribution in [1.82, 2.24) is 0 Å². The molecule has 0 bridgehead atoms. The molecule has 2 N–H and O–H groups in total. The van der Waals surface area contributed by atoms with E-state index in [9.17, 15) is 10.2 Å². The van der Waals surface area contributed by atoms with Crippen LogP contribution in [0.1, 0.15) is 144 Å². The maximum absolute atomic E-state index is 15.5. The fraction of sp³-hybridized carbons (Fsp3) is 0.406. The molecule has 0 saturated carbocycles. The van der Waals surface area contributed by atoms with Gasteiger partial charge in [-0.15, -0.1) is 0 Å². The average Bonchev–Trinajstić information content (AvgIpc) is 3.25. The minimum Gasteiger partial charge on any atom is -0.358 e. The normalized spacial score (nSPS) is 12.3. The van der Waals surface area contributed by atoms with Crippen molar-refractivity contribution >= 4 is 13.3 Å². The van der Waals surface area contributed by atoms with E-state index < -0.39 is 36.5 Å². The van der Waals surface area contributed by atoms with E-state index in [-0.39, 0.29) is 117 Å².